The van der Waals surface area contributed by atoms with Crippen molar-refractivity contribution in [2.75, 3.05) is 0 Å². The molecule has 3 aromatic rings. The molecule has 0 bridgehead atoms. The fraction of sp³-hybridized carbons (Fsp3) is 0.409. The van der Waals surface area contributed by atoms with E-state index in [0.717, 1.165) is 18.4 Å². The summed E-state index contributed by atoms with van der Waals surface area (Å²) in [5.41, 5.74) is 6.21. The zero-order valence-electron chi connectivity index (χ0n) is 15.5. The van der Waals surface area contributed by atoms with Crippen LogP contribution in [0.2, 0.25) is 0 Å². The second kappa shape index (κ2) is 7.83. The summed E-state index contributed by atoms with van der Waals surface area (Å²) in [5.74, 6) is 0. The molecular weight excluding hydrogens is 308 g/mol. The molecule has 3 heteroatoms. The summed E-state index contributed by atoms with van der Waals surface area (Å²) >= 11 is 0. The van der Waals surface area contributed by atoms with Gasteiger partial charge in [-0.3, -0.25) is 4.98 Å². The van der Waals surface area contributed by atoms with Crippen LogP contribution in [0, 0.1) is 6.92 Å². The van der Waals surface area contributed by atoms with Gasteiger partial charge in [-0.05, 0) is 49.9 Å². The second-order valence-corrected chi connectivity index (χ2v) is 6.82. The monoisotopic (exact) mass is 336 g/mol. The Kier molecular flexibility index (Phi) is 5.54. The van der Waals surface area contributed by atoms with Crippen LogP contribution in [0.15, 0.2) is 42.7 Å². The van der Waals surface area contributed by atoms with Crippen LogP contribution in [0.25, 0.3) is 10.9 Å². The van der Waals surface area contributed by atoms with Crippen molar-refractivity contribution in [1.82, 2.24) is 9.55 Å². The molecule has 0 fully saturated rings. The Hall–Kier alpha value is -2.13. The molecule has 2 aromatic heterocycles. The van der Waals surface area contributed by atoms with Gasteiger partial charge in [0.1, 0.15) is 0 Å². The number of nitrogens with zero attached hydrogens (tertiary/aromatic N) is 2. The van der Waals surface area contributed by atoms with Crippen LogP contribution in [0.5, 0.6) is 0 Å². The molecule has 132 valence electrons. The number of unbranched alkanes of at least 4 members (excludes halogenated alkanes) is 1. The molecular formula is C22H28N2O. The fourth-order valence-electron chi connectivity index (χ4n) is 3.68. The maximum atomic E-state index is 10.8. The number of aryl methyl sites for hydroxylation is 2. The third-order valence-electron chi connectivity index (χ3n) is 4.99. The minimum Gasteiger partial charge on any atom is -0.386 e. The number of rotatable bonds is 7. The van der Waals surface area contributed by atoms with Gasteiger partial charge in [0.05, 0.1) is 12.6 Å². The summed E-state index contributed by atoms with van der Waals surface area (Å²) < 4.78 is 2.33. The molecule has 0 aliphatic heterocycles. The highest BCUT2D eigenvalue weighted by molar-refractivity contribution is 5.86. The first-order valence-electron chi connectivity index (χ1n) is 9.34. The molecule has 0 amide bonds. The van der Waals surface area contributed by atoms with Gasteiger partial charge in [-0.15, -0.1) is 0 Å². The minimum absolute atomic E-state index is 0.546. The van der Waals surface area contributed by atoms with E-state index in [9.17, 15) is 5.11 Å². The van der Waals surface area contributed by atoms with Crippen molar-refractivity contribution in [3.05, 3.63) is 65.1 Å². The maximum absolute atomic E-state index is 10.8. The summed E-state index contributed by atoms with van der Waals surface area (Å²) in [4.78, 5) is 4.15. The Morgan fingerprint density at radius 2 is 2.04 bits per heavy atom. The Morgan fingerprint density at radius 1 is 1.20 bits per heavy atom. The Bertz CT molecular complexity index is 836. The highest BCUT2D eigenvalue weighted by Gasteiger charge is 2.18. The lowest BCUT2D eigenvalue weighted by molar-refractivity contribution is 0.156. The summed E-state index contributed by atoms with van der Waals surface area (Å²) in [6, 6.07) is 10.5. The number of fused-ring (bicyclic) bond motifs is 1. The third kappa shape index (κ3) is 3.62. The quantitative estimate of drug-likeness (QED) is 0.660. The lowest BCUT2D eigenvalue weighted by atomic mass is 10.0. The van der Waals surface area contributed by atoms with Gasteiger partial charge in [0.2, 0.25) is 0 Å². The maximum Gasteiger partial charge on any atom is 0.0983 e. The average Bonchev–Trinajstić information content (AvgIpc) is 2.92. The van der Waals surface area contributed by atoms with E-state index < -0.39 is 6.10 Å². The predicted octanol–water partition coefficient (Wildman–Crippen LogP) is 4.98. The normalized spacial score (nSPS) is 12.6. The summed E-state index contributed by atoms with van der Waals surface area (Å²) in [6.07, 6.45) is 7.39. The smallest absolute Gasteiger partial charge is 0.0983 e. The van der Waals surface area contributed by atoms with E-state index in [2.05, 4.69) is 48.5 Å². The highest BCUT2D eigenvalue weighted by Crippen LogP contribution is 2.31. The molecule has 0 saturated carbocycles. The van der Waals surface area contributed by atoms with Crippen LogP contribution in [0.1, 0.15) is 55.2 Å². The molecule has 1 unspecified atom stereocenters. The lowest BCUT2D eigenvalue weighted by Gasteiger charge is -2.16. The number of pyridine rings is 1. The Morgan fingerprint density at radius 3 is 2.72 bits per heavy atom. The number of aliphatic hydroxyl groups excluding tert-OH is 1. The van der Waals surface area contributed by atoms with Crippen molar-refractivity contribution in [2.24, 2.45) is 0 Å². The fourth-order valence-corrected chi connectivity index (χ4v) is 3.68. The standard InChI is InChI=1S/C22H28N2O/c1-4-6-9-20-18(5-2)19-13-16(3)10-11-21(19)24(20)15-22(25)17-8-7-12-23-14-17/h7-8,10-14,22,25H,4-6,9,15H2,1-3H3. The van der Waals surface area contributed by atoms with E-state index in [1.165, 1.54) is 40.6 Å². The molecule has 0 radical (unpaired) electrons. The van der Waals surface area contributed by atoms with Gasteiger partial charge >= 0.3 is 0 Å². The molecule has 0 spiro atoms. The van der Waals surface area contributed by atoms with Gasteiger partial charge in [-0.1, -0.05) is 38.0 Å². The van der Waals surface area contributed by atoms with Crippen LogP contribution in [0.3, 0.4) is 0 Å². The van der Waals surface area contributed by atoms with Gasteiger partial charge in [0, 0.05) is 34.6 Å². The minimum atomic E-state index is -0.546. The van der Waals surface area contributed by atoms with Crippen LogP contribution in [0.4, 0.5) is 0 Å². The molecule has 0 saturated heterocycles. The summed E-state index contributed by atoms with van der Waals surface area (Å²) in [6.45, 7) is 7.18. The van der Waals surface area contributed by atoms with Crippen LogP contribution in [-0.2, 0) is 19.4 Å². The van der Waals surface area contributed by atoms with Crippen molar-refractivity contribution < 1.29 is 5.11 Å². The topological polar surface area (TPSA) is 38.0 Å². The molecule has 0 aliphatic carbocycles. The van der Waals surface area contributed by atoms with E-state index in [4.69, 9.17) is 0 Å². The van der Waals surface area contributed by atoms with Crippen molar-refractivity contribution in [2.45, 2.75) is 59.1 Å². The van der Waals surface area contributed by atoms with E-state index in [1.54, 1.807) is 12.4 Å². The van der Waals surface area contributed by atoms with Gasteiger partial charge in [0.15, 0.2) is 0 Å². The molecule has 0 aliphatic rings. The zero-order valence-corrected chi connectivity index (χ0v) is 15.5. The van der Waals surface area contributed by atoms with Crippen molar-refractivity contribution in [1.29, 1.82) is 0 Å². The zero-order chi connectivity index (χ0) is 17.8. The number of aromatic nitrogens is 2. The van der Waals surface area contributed by atoms with Gasteiger partial charge in [-0.25, -0.2) is 0 Å². The number of aliphatic hydroxyl groups is 1. The first kappa shape index (κ1) is 17.7. The van der Waals surface area contributed by atoms with E-state index in [-0.39, 0.29) is 0 Å². The first-order valence-corrected chi connectivity index (χ1v) is 9.34. The number of benzene rings is 1. The van der Waals surface area contributed by atoms with E-state index in [0.29, 0.717) is 6.54 Å². The number of hydrogen-bond donors (Lipinski definition) is 1. The summed E-state index contributed by atoms with van der Waals surface area (Å²) in [7, 11) is 0. The van der Waals surface area contributed by atoms with Gasteiger partial charge in [-0.2, -0.15) is 0 Å². The average molecular weight is 336 g/mol. The first-order chi connectivity index (χ1) is 12.2. The Balaban J connectivity index is 2.08. The van der Waals surface area contributed by atoms with Gasteiger partial charge < -0.3 is 9.67 Å². The second-order valence-electron chi connectivity index (χ2n) is 6.82. The lowest BCUT2D eigenvalue weighted by Crippen LogP contribution is -2.12. The van der Waals surface area contributed by atoms with Crippen LogP contribution < -0.4 is 0 Å². The predicted molar refractivity (Wildman–Crippen MR) is 104 cm³/mol. The molecule has 3 nitrogen and oxygen atoms in total. The van der Waals surface area contributed by atoms with Gasteiger partial charge in [0.25, 0.3) is 0 Å². The molecule has 2 heterocycles. The van der Waals surface area contributed by atoms with Crippen molar-refractivity contribution in [3.8, 4) is 0 Å². The Labute approximate surface area is 150 Å². The molecule has 1 atom stereocenters. The molecule has 1 aromatic carbocycles. The van der Waals surface area contributed by atoms with E-state index in [1.807, 2.05) is 12.1 Å². The molecule has 25 heavy (non-hydrogen) atoms. The van der Waals surface area contributed by atoms with E-state index >= 15 is 0 Å². The van der Waals surface area contributed by atoms with Crippen LogP contribution >= 0.6 is 0 Å². The molecule has 3 rings (SSSR count). The number of hydrogen-bond acceptors (Lipinski definition) is 2. The van der Waals surface area contributed by atoms with Crippen LogP contribution in [-0.4, -0.2) is 14.7 Å². The van der Waals surface area contributed by atoms with Crippen molar-refractivity contribution in [3.63, 3.8) is 0 Å². The largest absolute Gasteiger partial charge is 0.386 e. The summed E-state index contributed by atoms with van der Waals surface area (Å²) in [5, 5.41) is 12.1. The SMILES string of the molecule is CCCCc1c(CC)c2cc(C)ccc2n1CC(O)c1cccnc1. The third-order valence-corrected chi connectivity index (χ3v) is 4.99. The highest BCUT2D eigenvalue weighted by atomic mass is 16.3. The van der Waals surface area contributed by atoms with Crippen molar-refractivity contribution >= 4 is 10.9 Å². The molecule has 1 N–H and O–H groups in total.